The van der Waals surface area contributed by atoms with Crippen LogP contribution in [0.5, 0.6) is 0 Å². The monoisotopic (exact) mass is 419 g/mol. The van der Waals surface area contributed by atoms with Crippen LogP contribution >= 0.6 is 0 Å². The number of nitrogens with one attached hydrogen (secondary N) is 1. The van der Waals surface area contributed by atoms with Crippen LogP contribution in [-0.2, 0) is 17.1 Å². The van der Waals surface area contributed by atoms with Crippen molar-refractivity contribution in [1.29, 1.82) is 0 Å². The number of aliphatic hydroxyl groups excluding tert-OH is 1. The molecular weight excluding hydrogens is 400 g/mol. The van der Waals surface area contributed by atoms with Gasteiger partial charge in [-0.15, -0.1) is 0 Å². The van der Waals surface area contributed by atoms with Gasteiger partial charge in [0.05, 0.1) is 17.2 Å². The molecule has 0 saturated carbocycles. The highest BCUT2D eigenvalue weighted by Gasteiger charge is 2.34. The molecule has 2 rings (SSSR count). The van der Waals surface area contributed by atoms with Crippen LogP contribution < -0.4 is 5.32 Å². The van der Waals surface area contributed by atoms with Crippen LogP contribution in [-0.4, -0.2) is 17.6 Å². The van der Waals surface area contributed by atoms with E-state index in [9.17, 15) is 36.2 Å². The van der Waals surface area contributed by atoms with Crippen molar-refractivity contribution in [2.24, 2.45) is 0 Å². The van der Waals surface area contributed by atoms with Crippen molar-refractivity contribution in [3.05, 3.63) is 70.8 Å². The molecule has 0 spiro atoms. The SMILES string of the molecule is CC(CC(=O)NCC(O)c1ccccc1C(F)(F)F)c1ccc(C(F)(F)F)cc1. The van der Waals surface area contributed by atoms with Gasteiger partial charge in [-0.2, -0.15) is 26.3 Å². The summed E-state index contributed by atoms with van der Waals surface area (Å²) in [6.07, 6.45) is -10.8. The first-order valence-corrected chi connectivity index (χ1v) is 8.67. The quantitative estimate of drug-likeness (QED) is 0.643. The number of halogens is 6. The third-order valence-electron chi connectivity index (χ3n) is 4.42. The summed E-state index contributed by atoms with van der Waals surface area (Å²) in [5, 5.41) is 12.4. The Hall–Kier alpha value is -2.55. The maximum atomic E-state index is 13.0. The van der Waals surface area contributed by atoms with Gasteiger partial charge in [-0.3, -0.25) is 4.79 Å². The van der Waals surface area contributed by atoms with Crippen LogP contribution in [0.25, 0.3) is 0 Å². The van der Waals surface area contributed by atoms with Crippen molar-refractivity contribution in [1.82, 2.24) is 5.32 Å². The van der Waals surface area contributed by atoms with Gasteiger partial charge in [-0.05, 0) is 35.2 Å². The summed E-state index contributed by atoms with van der Waals surface area (Å²) in [6.45, 7) is 1.21. The molecule has 3 nitrogen and oxygen atoms in total. The Labute approximate surface area is 163 Å². The molecule has 0 saturated heterocycles. The van der Waals surface area contributed by atoms with Gasteiger partial charge in [0.25, 0.3) is 0 Å². The van der Waals surface area contributed by atoms with E-state index in [0.717, 1.165) is 24.3 Å². The first kappa shape index (κ1) is 22.7. The summed E-state index contributed by atoms with van der Waals surface area (Å²) in [5.41, 5.74) is -1.63. The molecule has 0 radical (unpaired) electrons. The van der Waals surface area contributed by atoms with Gasteiger partial charge >= 0.3 is 12.4 Å². The molecular formula is C20H19F6NO2. The molecule has 0 aromatic heterocycles. The zero-order valence-corrected chi connectivity index (χ0v) is 15.3. The predicted molar refractivity (Wildman–Crippen MR) is 93.9 cm³/mol. The fourth-order valence-electron chi connectivity index (χ4n) is 2.83. The lowest BCUT2D eigenvalue weighted by atomic mass is 9.96. The molecule has 0 aliphatic carbocycles. The number of carbonyl (C=O) groups is 1. The van der Waals surface area contributed by atoms with Gasteiger partial charge in [-0.1, -0.05) is 37.3 Å². The molecule has 0 bridgehead atoms. The van der Waals surface area contributed by atoms with Gasteiger partial charge in [0.15, 0.2) is 0 Å². The minimum absolute atomic E-state index is 0.0982. The summed E-state index contributed by atoms with van der Waals surface area (Å²) in [6, 6.07) is 8.90. The number of benzene rings is 2. The molecule has 0 aliphatic heterocycles. The topological polar surface area (TPSA) is 49.3 Å². The minimum atomic E-state index is -4.64. The molecule has 2 aromatic carbocycles. The van der Waals surface area contributed by atoms with E-state index in [0.29, 0.717) is 5.56 Å². The fraction of sp³-hybridized carbons (Fsp3) is 0.350. The highest BCUT2D eigenvalue weighted by Crippen LogP contribution is 2.34. The smallest absolute Gasteiger partial charge is 0.387 e. The van der Waals surface area contributed by atoms with Crippen LogP contribution in [0.3, 0.4) is 0 Å². The summed E-state index contributed by atoms with van der Waals surface area (Å²) in [7, 11) is 0. The lowest BCUT2D eigenvalue weighted by Gasteiger charge is -2.18. The molecule has 0 heterocycles. The van der Waals surface area contributed by atoms with Crippen LogP contribution in [0.4, 0.5) is 26.3 Å². The second-order valence-electron chi connectivity index (χ2n) is 6.63. The van der Waals surface area contributed by atoms with E-state index in [4.69, 9.17) is 0 Å². The fourth-order valence-corrected chi connectivity index (χ4v) is 2.83. The van der Waals surface area contributed by atoms with E-state index in [1.807, 2.05) is 0 Å². The van der Waals surface area contributed by atoms with E-state index in [1.54, 1.807) is 6.92 Å². The summed E-state index contributed by atoms with van der Waals surface area (Å²) in [5.74, 6) is -0.960. The van der Waals surface area contributed by atoms with Gasteiger partial charge in [0, 0.05) is 13.0 Å². The molecule has 0 fully saturated rings. The van der Waals surface area contributed by atoms with Crippen LogP contribution in [0.1, 0.15) is 47.6 Å². The molecule has 2 atom stereocenters. The Balaban J connectivity index is 1.95. The number of hydrogen-bond donors (Lipinski definition) is 2. The maximum Gasteiger partial charge on any atom is 0.416 e. The molecule has 1 amide bonds. The van der Waals surface area contributed by atoms with E-state index >= 15 is 0 Å². The van der Waals surface area contributed by atoms with Crippen LogP contribution in [0.15, 0.2) is 48.5 Å². The van der Waals surface area contributed by atoms with E-state index < -0.39 is 48.0 Å². The third kappa shape index (κ3) is 6.22. The average molecular weight is 419 g/mol. The van der Waals surface area contributed by atoms with Crippen molar-refractivity contribution in [3.63, 3.8) is 0 Å². The highest BCUT2D eigenvalue weighted by molar-refractivity contribution is 5.76. The standard InChI is InChI=1S/C20H19F6NO2/c1-12(13-6-8-14(9-7-13)19(21,22)23)10-18(29)27-11-17(28)15-4-2-3-5-16(15)20(24,25)26/h2-9,12,17,28H,10-11H2,1H3,(H,27,29). The van der Waals surface area contributed by atoms with E-state index in [2.05, 4.69) is 5.32 Å². The predicted octanol–water partition coefficient (Wildman–Crippen LogP) is 5.07. The first-order chi connectivity index (χ1) is 13.4. The van der Waals surface area contributed by atoms with Gasteiger partial charge < -0.3 is 10.4 Å². The van der Waals surface area contributed by atoms with Crippen molar-refractivity contribution in [2.45, 2.75) is 37.7 Å². The minimum Gasteiger partial charge on any atom is -0.387 e. The molecule has 2 N–H and O–H groups in total. The Kier molecular flexibility index (Phi) is 6.94. The highest BCUT2D eigenvalue weighted by atomic mass is 19.4. The van der Waals surface area contributed by atoms with Crippen molar-refractivity contribution in [2.75, 3.05) is 6.54 Å². The van der Waals surface area contributed by atoms with E-state index in [1.165, 1.54) is 24.3 Å². The number of alkyl halides is 6. The number of rotatable bonds is 6. The summed E-state index contributed by atoms with van der Waals surface area (Å²) in [4.78, 5) is 12.0. The normalized spacial score (nSPS) is 14.3. The molecule has 2 unspecified atom stereocenters. The Bertz CT molecular complexity index is 830. The molecule has 158 valence electrons. The number of aliphatic hydroxyl groups is 1. The number of hydrogen-bond acceptors (Lipinski definition) is 2. The van der Waals surface area contributed by atoms with Crippen molar-refractivity contribution >= 4 is 5.91 Å². The van der Waals surface area contributed by atoms with Crippen molar-refractivity contribution in [3.8, 4) is 0 Å². The summed E-state index contributed by atoms with van der Waals surface area (Å²) >= 11 is 0. The largest absolute Gasteiger partial charge is 0.416 e. The molecule has 0 aliphatic rings. The Morgan fingerprint density at radius 2 is 1.55 bits per heavy atom. The average Bonchev–Trinajstić information content (AvgIpc) is 2.64. The maximum absolute atomic E-state index is 13.0. The number of carbonyl (C=O) groups excluding carboxylic acids is 1. The lowest BCUT2D eigenvalue weighted by molar-refractivity contribution is -0.139. The van der Waals surface area contributed by atoms with Gasteiger partial charge in [-0.25, -0.2) is 0 Å². The first-order valence-electron chi connectivity index (χ1n) is 8.67. The van der Waals surface area contributed by atoms with Crippen molar-refractivity contribution < 1.29 is 36.2 Å². The second-order valence-corrected chi connectivity index (χ2v) is 6.63. The zero-order valence-electron chi connectivity index (χ0n) is 15.3. The van der Waals surface area contributed by atoms with Gasteiger partial charge in [0.1, 0.15) is 0 Å². The Morgan fingerprint density at radius 3 is 2.10 bits per heavy atom. The van der Waals surface area contributed by atoms with Crippen LogP contribution in [0, 0.1) is 0 Å². The molecule has 2 aromatic rings. The lowest BCUT2D eigenvalue weighted by Crippen LogP contribution is -2.30. The summed E-state index contributed by atoms with van der Waals surface area (Å²) < 4.78 is 76.8. The van der Waals surface area contributed by atoms with Crippen LogP contribution in [0.2, 0.25) is 0 Å². The third-order valence-corrected chi connectivity index (χ3v) is 4.42. The van der Waals surface area contributed by atoms with E-state index in [-0.39, 0.29) is 12.0 Å². The number of amides is 1. The Morgan fingerprint density at radius 1 is 0.966 bits per heavy atom. The van der Waals surface area contributed by atoms with Gasteiger partial charge in [0.2, 0.25) is 5.91 Å². The second kappa shape index (κ2) is 8.86. The molecule has 9 heteroatoms. The zero-order chi connectivity index (χ0) is 21.8. The molecule has 29 heavy (non-hydrogen) atoms.